The highest BCUT2D eigenvalue weighted by Gasteiger charge is 2.03. The zero-order chi connectivity index (χ0) is 8.55. The van der Waals surface area contributed by atoms with E-state index in [9.17, 15) is 0 Å². The number of imidazole rings is 1. The van der Waals surface area contributed by atoms with Crippen LogP contribution in [0, 0.1) is 0 Å². The molecule has 0 saturated heterocycles. The van der Waals surface area contributed by atoms with Gasteiger partial charge in [0.2, 0.25) is 0 Å². The van der Waals surface area contributed by atoms with Crippen LogP contribution in [0.15, 0.2) is 18.6 Å². The maximum absolute atomic E-state index is 5.68. The molecule has 5 nitrogen and oxygen atoms in total. The monoisotopic (exact) mass is 163 g/mol. The van der Waals surface area contributed by atoms with Gasteiger partial charge in [0.1, 0.15) is 11.8 Å². The maximum Gasteiger partial charge on any atom is 0.180 e. The molecular weight excluding hydrogens is 154 g/mol. The van der Waals surface area contributed by atoms with E-state index in [1.165, 1.54) is 0 Å². The van der Waals surface area contributed by atoms with Crippen LogP contribution in [-0.2, 0) is 0 Å². The number of pyridine rings is 1. The minimum absolute atomic E-state index is 0.647. The SMILES string of the molecule is CNn1cnc2c(N)ccnc21. The lowest BCUT2D eigenvalue weighted by Gasteiger charge is -1.99. The Morgan fingerprint density at radius 2 is 2.33 bits per heavy atom. The molecule has 0 aliphatic heterocycles. The summed E-state index contributed by atoms with van der Waals surface area (Å²) in [6.45, 7) is 0. The molecule has 2 aromatic heterocycles. The van der Waals surface area contributed by atoms with Crippen molar-refractivity contribution in [2.45, 2.75) is 0 Å². The van der Waals surface area contributed by atoms with Crippen LogP contribution in [-0.4, -0.2) is 21.7 Å². The Kier molecular flexibility index (Phi) is 1.36. The average Bonchev–Trinajstić information content (AvgIpc) is 2.49. The van der Waals surface area contributed by atoms with Crippen molar-refractivity contribution in [1.82, 2.24) is 14.6 Å². The highest BCUT2D eigenvalue weighted by Crippen LogP contribution is 2.14. The first kappa shape index (κ1) is 6.90. The van der Waals surface area contributed by atoms with Crippen molar-refractivity contribution in [1.29, 1.82) is 0 Å². The number of aromatic nitrogens is 3. The van der Waals surface area contributed by atoms with Gasteiger partial charge in [-0.1, -0.05) is 0 Å². The van der Waals surface area contributed by atoms with Crippen molar-refractivity contribution in [2.75, 3.05) is 18.2 Å². The largest absolute Gasteiger partial charge is 0.397 e. The predicted octanol–water partition coefficient (Wildman–Crippen LogP) is 0.187. The molecule has 0 bridgehead atoms. The molecule has 0 aliphatic rings. The van der Waals surface area contributed by atoms with E-state index < -0.39 is 0 Å². The van der Waals surface area contributed by atoms with Gasteiger partial charge in [0, 0.05) is 13.2 Å². The number of hydrogen-bond acceptors (Lipinski definition) is 4. The molecule has 0 atom stereocenters. The molecule has 2 heterocycles. The molecule has 12 heavy (non-hydrogen) atoms. The average molecular weight is 163 g/mol. The first-order chi connectivity index (χ1) is 5.83. The summed E-state index contributed by atoms with van der Waals surface area (Å²) in [5.41, 5.74) is 10.7. The first-order valence-electron chi connectivity index (χ1n) is 3.58. The molecule has 5 heteroatoms. The first-order valence-corrected chi connectivity index (χ1v) is 3.58. The summed E-state index contributed by atoms with van der Waals surface area (Å²) >= 11 is 0. The molecule has 62 valence electrons. The number of rotatable bonds is 1. The van der Waals surface area contributed by atoms with Crippen molar-refractivity contribution in [3.8, 4) is 0 Å². The quantitative estimate of drug-likeness (QED) is 0.629. The number of hydrogen-bond donors (Lipinski definition) is 2. The molecule has 0 fully saturated rings. The second-order valence-corrected chi connectivity index (χ2v) is 2.41. The van der Waals surface area contributed by atoms with Gasteiger partial charge in [0.25, 0.3) is 0 Å². The third kappa shape index (κ3) is 0.795. The Labute approximate surface area is 69.2 Å². The lowest BCUT2D eigenvalue weighted by molar-refractivity contribution is 0.940. The Morgan fingerprint density at radius 3 is 3.08 bits per heavy atom. The minimum atomic E-state index is 0.647. The Morgan fingerprint density at radius 1 is 1.50 bits per heavy atom. The summed E-state index contributed by atoms with van der Waals surface area (Å²) in [4.78, 5) is 8.23. The molecule has 0 aliphatic carbocycles. The van der Waals surface area contributed by atoms with E-state index in [0.29, 0.717) is 5.69 Å². The van der Waals surface area contributed by atoms with Gasteiger partial charge in [-0.2, -0.15) is 0 Å². The lowest BCUT2D eigenvalue weighted by atomic mass is 10.4. The van der Waals surface area contributed by atoms with Crippen molar-refractivity contribution in [3.63, 3.8) is 0 Å². The molecule has 0 unspecified atom stereocenters. The van der Waals surface area contributed by atoms with Crippen LogP contribution in [0.1, 0.15) is 0 Å². The van der Waals surface area contributed by atoms with Crippen molar-refractivity contribution in [3.05, 3.63) is 18.6 Å². The van der Waals surface area contributed by atoms with Crippen LogP contribution in [0.4, 0.5) is 5.69 Å². The zero-order valence-corrected chi connectivity index (χ0v) is 6.65. The fourth-order valence-electron chi connectivity index (χ4n) is 1.10. The second-order valence-electron chi connectivity index (χ2n) is 2.41. The van der Waals surface area contributed by atoms with E-state index in [2.05, 4.69) is 15.4 Å². The van der Waals surface area contributed by atoms with Crippen LogP contribution in [0.3, 0.4) is 0 Å². The molecule has 3 N–H and O–H groups in total. The highest BCUT2D eigenvalue weighted by molar-refractivity contribution is 5.83. The van der Waals surface area contributed by atoms with Gasteiger partial charge in [-0.3, -0.25) is 0 Å². The molecule has 2 rings (SSSR count). The molecular formula is C7H9N5. The number of nitrogens with zero attached hydrogens (tertiary/aromatic N) is 3. The molecule has 0 saturated carbocycles. The number of fused-ring (bicyclic) bond motifs is 1. The van der Waals surface area contributed by atoms with Gasteiger partial charge in [-0.25, -0.2) is 14.6 Å². The van der Waals surface area contributed by atoms with E-state index in [1.807, 2.05) is 0 Å². The van der Waals surface area contributed by atoms with Crippen LogP contribution < -0.4 is 11.2 Å². The van der Waals surface area contributed by atoms with E-state index in [-0.39, 0.29) is 0 Å². The highest BCUT2D eigenvalue weighted by atomic mass is 15.4. The normalized spacial score (nSPS) is 10.4. The van der Waals surface area contributed by atoms with Gasteiger partial charge < -0.3 is 11.2 Å². The van der Waals surface area contributed by atoms with Crippen LogP contribution in [0.5, 0.6) is 0 Å². The maximum atomic E-state index is 5.68. The number of nitrogen functional groups attached to an aromatic ring is 1. The Balaban J connectivity index is 2.80. The number of anilines is 1. The summed E-state index contributed by atoms with van der Waals surface area (Å²) in [6, 6.07) is 1.73. The number of nitrogens with two attached hydrogens (primary N) is 1. The van der Waals surface area contributed by atoms with E-state index >= 15 is 0 Å². The van der Waals surface area contributed by atoms with Crippen LogP contribution >= 0.6 is 0 Å². The van der Waals surface area contributed by atoms with E-state index in [4.69, 9.17) is 5.73 Å². The van der Waals surface area contributed by atoms with Gasteiger partial charge in [0.05, 0.1) is 5.69 Å². The van der Waals surface area contributed by atoms with Crippen LogP contribution in [0.2, 0.25) is 0 Å². The van der Waals surface area contributed by atoms with Crippen molar-refractivity contribution < 1.29 is 0 Å². The standard InChI is InChI=1S/C7H9N5/c1-9-12-4-11-6-5(8)2-3-10-7(6)12/h2-4,9H,1H3,(H2,8,10). The molecule has 0 spiro atoms. The Bertz CT molecular complexity index is 405. The lowest BCUT2D eigenvalue weighted by Crippen LogP contribution is -2.07. The van der Waals surface area contributed by atoms with E-state index in [0.717, 1.165) is 11.2 Å². The summed E-state index contributed by atoms with van der Waals surface area (Å²) in [7, 11) is 1.80. The minimum Gasteiger partial charge on any atom is -0.397 e. The van der Waals surface area contributed by atoms with Crippen LogP contribution in [0.25, 0.3) is 11.2 Å². The number of nitrogens with one attached hydrogen (secondary N) is 1. The predicted molar refractivity (Wildman–Crippen MR) is 47.2 cm³/mol. The summed E-state index contributed by atoms with van der Waals surface area (Å²) in [6.07, 6.45) is 3.31. The fraction of sp³-hybridized carbons (Fsp3) is 0.143. The van der Waals surface area contributed by atoms with E-state index in [1.54, 1.807) is 30.3 Å². The summed E-state index contributed by atoms with van der Waals surface area (Å²) in [5.74, 6) is 0. The molecule has 0 radical (unpaired) electrons. The topological polar surface area (TPSA) is 68.8 Å². The second kappa shape index (κ2) is 2.37. The third-order valence-corrected chi connectivity index (χ3v) is 1.71. The van der Waals surface area contributed by atoms with Gasteiger partial charge in [-0.15, -0.1) is 0 Å². The molecule has 0 amide bonds. The van der Waals surface area contributed by atoms with Gasteiger partial charge >= 0.3 is 0 Å². The Hall–Kier alpha value is -1.78. The molecule has 0 aromatic carbocycles. The summed E-state index contributed by atoms with van der Waals surface area (Å²) in [5, 5.41) is 0. The van der Waals surface area contributed by atoms with Gasteiger partial charge in [-0.05, 0) is 6.07 Å². The third-order valence-electron chi connectivity index (χ3n) is 1.71. The fourth-order valence-corrected chi connectivity index (χ4v) is 1.10. The zero-order valence-electron chi connectivity index (χ0n) is 6.65. The summed E-state index contributed by atoms with van der Waals surface area (Å²) < 4.78 is 1.71. The van der Waals surface area contributed by atoms with Gasteiger partial charge in [0.15, 0.2) is 5.65 Å². The smallest absolute Gasteiger partial charge is 0.180 e. The van der Waals surface area contributed by atoms with Crippen molar-refractivity contribution >= 4 is 16.9 Å². The van der Waals surface area contributed by atoms with Crippen molar-refractivity contribution in [2.24, 2.45) is 0 Å². The molecule has 2 aromatic rings.